The normalized spacial score (nSPS) is 11.0. The molecule has 0 saturated carbocycles. The van der Waals surface area contributed by atoms with E-state index in [0.717, 1.165) is 40.7 Å². The van der Waals surface area contributed by atoms with Crippen molar-refractivity contribution in [3.8, 4) is 0 Å². The molecule has 6 heteroatoms. The van der Waals surface area contributed by atoms with E-state index in [0.29, 0.717) is 0 Å². The van der Waals surface area contributed by atoms with Gasteiger partial charge in [0.05, 0.1) is 0 Å². The zero-order valence-corrected chi connectivity index (χ0v) is 18.5. The first-order valence-electron chi connectivity index (χ1n) is 9.25. The van der Waals surface area contributed by atoms with E-state index in [4.69, 9.17) is 11.5 Å². The number of anilines is 2. The lowest BCUT2D eigenvalue weighted by molar-refractivity contribution is 0.595. The van der Waals surface area contributed by atoms with E-state index in [2.05, 4.69) is 0 Å². The van der Waals surface area contributed by atoms with Gasteiger partial charge in [-0.05, 0) is 97.1 Å². The van der Waals surface area contributed by atoms with Crippen molar-refractivity contribution < 1.29 is 4.55 Å². The van der Waals surface area contributed by atoms with E-state index in [1.807, 2.05) is 97.1 Å². The Morgan fingerprint density at radius 1 is 0.467 bits per heavy atom. The van der Waals surface area contributed by atoms with Crippen LogP contribution in [-0.4, -0.2) is 4.55 Å². The molecular formula is C24H20N2OS3. The molecule has 0 aliphatic rings. The topological polar surface area (TPSA) is 75.1 Å². The maximum atomic E-state index is 12.9. The second kappa shape index (κ2) is 9.53. The van der Waals surface area contributed by atoms with Crippen molar-refractivity contribution in [1.82, 2.24) is 0 Å². The van der Waals surface area contributed by atoms with Crippen LogP contribution in [0.25, 0.3) is 0 Å². The van der Waals surface area contributed by atoms with Crippen molar-refractivity contribution in [3.05, 3.63) is 97.1 Å². The predicted molar refractivity (Wildman–Crippen MR) is 128 cm³/mol. The largest absolute Gasteiger partial charge is 0.606 e. The number of hydrogen-bond donors (Lipinski definition) is 2. The molecule has 0 spiro atoms. The van der Waals surface area contributed by atoms with Crippen LogP contribution in [0.5, 0.6) is 0 Å². The number of hydrogen-bond acceptors (Lipinski definition) is 5. The predicted octanol–water partition coefficient (Wildman–Crippen LogP) is 6.32. The third-order valence-electron chi connectivity index (χ3n) is 4.31. The fourth-order valence-electron chi connectivity index (χ4n) is 2.74. The Morgan fingerprint density at radius 3 is 1.03 bits per heavy atom. The summed E-state index contributed by atoms with van der Waals surface area (Å²) in [6.45, 7) is 0. The average Bonchev–Trinajstić information content (AvgIpc) is 2.77. The molecule has 0 aromatic heterocycles. The van der Waals surface area contributed by atoms with Crippen molar-refractivity contribution in [2.75, 3.05) is 11.5 Å². The van der Waals surface area contributed by atoms with Gasteiger partial charge in [-0.1, -0.05) is 23.5 Å². The van der Waals surface area contributed by atoms with Gasteiger partial charge in [-0.2, -0.15) is 0 Å². The van der Waals surface area contributed by atoms with E-state index in [1.54, 1.807) is 23.5 Å². The molecule has 4 aromatic carbocycles. The molecule has 4 N–H and O–H groups in total. The first-order valence-corrected chi connectivity index (χ1v) is 12.0. The van der Waals surface area contributed by atoms with Gasteiger partial charge >= 0.3 is 0 Å². The monoisotopic (exact) mass is 448 g/mol. The molecule has 0 aliphatic heterocycles. The maximum Gasteiger partial charge on any atom is 0.158 e. The number of benzene rings is 4. The van der Waals surface area contributed by atoms with Gasteiger partial charge in [0.25, 0.3) is 0 Å². The molecule has 0 aliphatic carbocycles. The lowest BCUT2D eigenvalue weighted by Crippen LogP contribution is -2.01. The summed E-state index contributed by atoms with van der Waals surface area (Å²) in [5, 5.41) is 0. The molecule has 4 rings (SSSR count). The molecule has 0 atom stereocenters. The van der Waals surface area contributed by atoms with Crippen LogP contribution < -0.4 is 11.5 Å². The summed E-state index contributed by atoms with van der Waals surface area (Å²) in [4.78, 5) is 6.00. The van der Waals surface area contributed by atoms with Crippen LogP contribution >= 0.6 is 23.5 Å². The van der Waals surface area contributed by atoms with Crippen molar-refractivity contribution in [2.45, 2.75) is 29.4 Å². The first-order chi connectivity index (χ1) is 14.6. The van der Waals surface area contributed by atoms with Gasteiger partial charge in [-0.15, -0.1) is 0 Å². The van der Waals surface area contributed by atoms with Crippen molar-refractivity contribution in [3.63, 3.8) is 0 Å². The van der Waals surface area contributed by atoms with E-state index < -0.39 is 11.2 Å². The quantitative estimate of drug-likeness (QED) is 0.267. The Bertz CT molecular complexity index is 1010. The summed E-state index contributed by atoms with van der Waals surface area (Å²) in [7, 11) is 0. The zero-order valence-electron chi connectivity index (χ0n) is 16.0. The van der Waals surface area contributed by atoms with E-state index in [-0.39, 0.29) is 0 Å². The van der Waals surface area contributed by atoms with Gasteiger partial charge in [-0.3, -0.25) is 0 Å². The average molecular weight is 449 g/mol. The van der Waals surface area contributed by atoms with Gasteiger partial charge < -0.3 is 16.0 Å². The summed E-state index contributed by atoms with van der Waals surface area (Å²) >= 11 is 2.09. The summed E-state index contributed by atoms with van der Waals surface area (Å²) in [5.41, 5.74) is 13.0. The molecule has 0 heterocycles. The van der Waals surface area contributed by atoms with E-state index >= 15 is 0 Å². The first kappa shape index (κ1) is 20.8. The molecule has 3 nitrogen and oxygen atoms in total. The lowest BCUT2D eigenvalue weighted by atomic mass is 10.3. The molecule has 0 unspecified atom stereocenters. The minimum absolute atomic E-state index is 0.753. The van der Waals surface area contributed by atoms with Crippen molar-refractivity contribution in [1.29, 1.82) is 0 Å². The number of nitrogens with two attached hydrogens (primary N) is 2. The van der Waals surface area contributed by atoms with E-state index in [1.165, 1.54) is 0 Å². The molecule has 0 bridgehead atoms. The van der Waals surface area contributed by atoms with Crippen molar-refractivity contribution >= 4 is 46.1 Å². The van der Waals surface area contributed by atoms with Crippen LogP contribution in [0.2, 0.25) is 0 Å². The Balaban J connectivity index is 1.41. The fraction of sp³-hybridized carbons (Fsp3) is 0. The molecule has 0 fully saturated rings. The number of nitrogen functional groups attached to an aromatic ring is 2. The Kier molecular flexibility index (Phi) is 6.59. The smallest absolute Gasteiger partial charge is 0.158 e. The van der Waals surface area contributed by atoms with Crippen LogP contribution in [0.4, 0.5) is 11.4 Å². The summed E-state index contributed by atoms with van der Waals surface area (Å²) < 4.78 is 12.9. The highest BCUT2D eigenvalue weighted by molar-refractivity contribution is 7.99. The van der Waals surface area contributed by atoms with Gasteiger partial charge in [0.2, 0.25) is 0 Å². The second-order valence-electron chi connectivity index (χ2n) is 6.55. The van der Waals surface area contributed by atoms with Gasteiger partial charge in [0.1, 0.15) is 0 Å². The van der Waals surface area contributed by atoms with E-state index in [9.17, 15) is 4.55 Å². The standard InChI is InChI=1S/C24H20N2OS3/c25-17-1-5-19(6-2-17)28-21-9-13-23(14-10-21)30(27)24-15-11-22(12-16-24)29-20-7-3-18(26)4-8-20/h1-16H,25-26H2. The highest BCUT2D eigenvalue weighted by Gasteiger charge is 2.15. The fourth-order valence-corrected chi connectivity index (χ4v) is 5.41. The molecule has 30 heavy (non-hydrogen) atoms. The van der Waals surface area contributed by atoms with Crippen LogP contribution in [0.15, 0.2) is 126 Å². The third-order valence-corrected chi connectivity index (χ3v) is 7.74. The Hall–Kier alpha value is -2.51. The SMILES string of the molecule is Nc1ccc(Sc2ccc([S+]([O-])c3ccc(Sc4ccc(N)cc4)cc3)cc2)cc1. The van der Waals surface area contributed by atoms with Gasteiger partial charge in [0, 0.05) is 42.1 Å². The molecule has 150 valence electrons. The van der Waals surface area contributed by atoms with Crippen molar-refractivity contribution in [2.24, 2.45) is 0 Å². The minimum Gasteiger partial charge on any atom is -0.606 e. The van der Waals surface area contributed by atoms with Gasteiger partial charge in [0.15, 0.2) is 9.79 Å². The third kappa shape index (κ3) is 5.34. The van der Waals surface area contributed by atoms with Crippen LogP contribution in [0.3, 0.4) is 0 Å². The van der Waals surface area contributed by atoms with Crippen LogP contribution in [0, 0.1) is 0 Å². The minimum atomic E-state index is -1.21. The maximum absolute atomic E-state index is 12.9. The molecule has 4 aromatic rings. The lowest BCUT2D eigenvalue weighted by Gasteiger charge is -2.11. The second-order valence-corrected chi connectivity index (χ2v) is 10.3. The Morgan fingerprint density at radius 2 is 0.733 bits per heavy atom. The Labute approximate surface area is 188 Å². The summed E-state index contributed by atoms with van der Waals surface area (Å²) in [6.07, 6.45) is 0. The van der Waals surface area contributed by atoms with Crippen LogP contribution in [-0.2, 0) is 11.2 Å². The molecular weight excluding hydrogens is 428 g/mol. The number of rotatable bonds is 6. The highest BCUT2D eigenvalue weighted by Crippen LogP contribution is 2.32. The van der Waals surface area contributed by atoms with Crippen LogP contribution in [0.1, 0.15) is 0 Å². The zero-order chi connectivity index (χ0) is 20.9. The summed E-state index contributed by atoms with van der Waals surface area (Å²) in [5.74, 6) is 0. The summed E-state index contributed by atoms with van der Waals surface area (Å²) in [6, 6.07) is 31.2. The van der Waals surface area contributed by atoms with Gasteiger partial charge in [-0.25, -0.2) is 0 Å². The molecule has 0 amide bonds. The highest BCUT2D eigenvalue weighted by atomic mass is 32.2. The molecule has 0 saturated heterocycles. The molecule has 0 radical (unpaired) electrons.